The average Bonchev–Trinajstić information content (AvgIpc) is 3.84. The summed E-state index contributed by atoms with van der Waals surface area (Å²) in [6.07, 6.45) is 3.66. The van der Waals surface area contributed by atoms with Gasteiger partial charge in [-0.1, -0.05) is 48.5 Å². The van der Waals surface area contributed by atoms with E-state index in [2.05, 4.69) is 30.9 Å². The van der Waals surface area contributed by atoms with Crippen LogP contribution in [-0.2, 0) is 35.1 Å². The highest BCUT2D eigenvalue weighted by atomic mass is 16.6. The molecular weight excluding hydrogens is 654 g/mol. The normalized spacial score (nSPS) is 15.9. The topological polar surface area (TPSA) is 188 Å². The summed E-state index contributed by atoms with van der Waals surface area (Å²) in [5.41, 5.74) is 0.0821. The van der Waals surface area contributed by atoms with E-state index in [1.165, 1.54) is 32.1 Å². The van der Waals surface area contributed by atoms with Crippen molar-refractivity contribution in [2.24, 2.45) is 0 Å². The first-order chi connectivity index (χ1) is 24.2. The van der Waals surface area contributed by atoms with Gasteiger partial charge in [0.1, 0.15) is 40.8 Å². The molecule has 1 fully saturated rings. The summed E-state index contributed by atoms with van der Waals surface area (Å²) < 4.78 is 10.3. The zero-order valence-electron chi connectivity index (χ0n) is 29.7. The largest absolute Gasteiger partial charge is 0.467 e. The van der Waals surface area contributed by atoms with Crippen molar-refractivity contribution in [3.63, 3.8) is 0 Å². The van der Waals surface area contributed by atoms with E-state index >= 15 is 0 Å². The zero-order valence-corrected chi connectivity index (χ0v) is 29.7. The molecule has 1 aliphatic rings. The molecule has 1 aliphatic heterocycles. The number of methoxy groups -OCH3 is 1. The minimum Gasteiger partial charge on any atom is -0.467 e. The van der Waals surface area contributed by atoms with E-state index in [1.807, 2.05) is 30.3 Å². The second-order valence-electron chi connectivity index (χ2n) is 14.1. The van der Waals surface area contributed by atoms with E-state index in [0.29, 0.717) is 24.9 Å². The lowest BCUT2D eigenvalue weighted by Crippen LogP contribution is -2.59. The summed E-state index contributed by atoms with van der Waals surface area (Å²) in [5, 5.41) is 9.08. The van der Waals surface area contributed by atoms with Crippen LogP contribution in [0.3, 0.4) is 0 Å². The molecule has 2 aromatic heterocycles. The Balaban J connectivity index is 1.40. The zero-order chi connectivity index (χ0) is 36.9. The summed E-state index contributed by atoms with van der Waals surface area (Å²) in [6, 6.07) is 14.8. The number of carbonyl (C=O) groups excluding carboxylic acids is 5. The fraction of sp³-hybridized carbons (Fsp3) is 0.405. The van der Waals surface area contributed by atoms with Gasteiger partial charge in [0.05, 0.1) is 13.3 Å². The molecule has 1 saturated heterocycles. The van der Waals surface area contributed by atoms with Gasteiger partial charge in [-0.15, -0.1) is 0 Å². The number of imidazole rings is 1. The second-order valence-corrected chi connectivity index (χ2v) is 14.1. The third-order valence-corrected chi connectivity index (χ3v) is 8.62. The third-order valence-electron chi connectivity index (χ3n) is 8.62. The highest BCUT2D eigenvalue weighted by Crippen LogP contribution is 2.30. The van der Waals surface area contributed by atoms with Crippen LogP contribution in [0.25, 0.3) is 10.9 Å². The SMILES string of the molecule is COC(=O)C1CCCN1C(=O)C(c1ccccc1)c1ncc(NC(=O)C(Cc2c[nH]c3ccccc23)NC(=O)C(C)(C)NC(=O)OC(C)(C)C)[nH]1. The minimum atomic E-state index is -1.44. The van der Waals surface area contributed by atoms with Gasteiger partial charge in [0, 0.05) is 30.1 Å². The number of H-pyrrole nitrogens is 2. The van der Waals surface area contributed by atoms with Crippen LogP contribution in [-0.4, -0.2) is 86.5 Å². The van der Waals surface area contributed by atoms with Gasteiger partial charge >= 0.3 is 12.1 Å². The molecule has 0 saturated carbocycles. The first-order valence-electron chi connectivity index (χ1n) is 16.8. The van der Waals surface area contributed by atoms with Gasteiger partial charge in [0.15, 0.2) is 0 Å². The molecule has 5 rings (SSSR count). The van der Waals surface area contributed by atoms with Gasteiger partial charge in [0.25, 0.3) is 0 Å². The number of carbonyl (C=O) groups is 5. The molecule has 3 unspecified atom stereocenters. The number of para-hydroxylation sites is 1. The number of aromatic nitrogens is 3. The van der Waals surface area contributed by atoms with Crippen molar-refractivity contribution < 1.29 is 33.4 Å². The second kappa shape index (κ2) is 15.1. The molecule has 14 heteroatoms. The number of amides is 4. The summed E-state index contributed by atoms with van der Waals surface area (Å²) in [7, 11) is 1.30. The fourth-order valence-electron chi connectivity index (χ4n) is 6.09. The molecule has 3 atom stereocenters. The molecule has 2 aromatic carbocycles. The molecule has 14 nitrogen and oxygen atoms in total. The minimum absolute atomic E-state index is 0.111. The summed E-state index contributed by atoms with van der Waals surface area (Å²) >= 11 is 0. The third kappa shape index (κ3) is 8.74. The Bertz CT molecular complexity index is 1890. The first-order valence-corrected chi connectivity index (χ1v) is 16.8. The number of fused-ring (bicyclic) bond motifs is 1. The van der Waals surface area contributed by atoms with Gasteiger partial charge in [0.2, 0.25) is 17.7 Å². The van der Waals surface area contributed by atoms with Gasteiger partial charge in [-0.2, -0.15) is 0 Å². The number of likely N-dealkylation sites (tertiary alicyclic amines) is 1. The number of aromatic amines is 2. The van der Waals surface area contributed by atoms with E-state index in [9.17, 15) is 24.0 Å². The number of nitrogens with zero attached hydrogens (tertiary/aromatic N) is 2. The molecule has 0 bridgehead atoms. The predicted octanol–water partition coefficient (Wildman–Crippen LogP) is 4.16. The standard InChI is InChI=1S/C37H45N7O7/c1-36(2,3)51-35(49)43-37(4,5)34(48)40-26(19-23-20-38-25-16-11-10-15-24(23)25)31(45)42-28-21-39-30(41-28)29(22-13-8-7-9-14-22)32(46)44-18-12-17-27(44)33(47)50-6/h7-11,13-16,20-21,26-27,29,38H,12,17-19H2,1-6H3,(H,39,41)(H,40,48)(H,42,45)(H,43,49). The maximum atomic E-state index is 14.1. The Morgan fingerprint density at radius 1 is 1.00 bits per heavy atom. The summed E-state index contributed by atoms with van der Waals surface area (Å²) in [5.74, 6) is -2.43. The molecule has 4 aromatic rings. The monoisotopic (exact) mass is 699 g/mol. The van der Waals surface area contributed by atoms with E-state index in [-0.39, 0.29) is 24.0 Å². The van der Waals surface area contributed by atoms with Crippen LogP contribution in [0, 0.1) is 0 Å². The lowest BCUT2D eigenvalue weighted by Gasteiger charge is -2.29. The molecular formula is C37H45N7O7. The number of alkyl carbamates (subject to hydrolysis) is 1. The van der Waals surface area contributed by atoms with Gasteiger partial charge < -0.3 is 40.3 Å². The lowest BCUT2D eigenvalue weighted by atomic mass is 9.96. The Morgan fingerprint density at radius 3 is 2.41 bits per heavy atom. The van der Waals surface area contributed by atoms with Crippen LogP contribution in [0.2, 0.25) is 0 Å². The van der Waals surface area contributed by atoms with Crippen molar-refractivity contribution in [2.75, 3.05) is 19.0 Å². The Morgan fingerprint density at radius 2 is 1.71 bits per heavy atom. The molecule has 0 radical (unpaired) electrons. The van der Waals surface area contributed by atoms with E-state index in [1.54, 1.807) is 51.2 Å². The molecule has 5 N–H and O–H groups in total. The number of esters is 1. The van der Waals surface area contributed by atoms with Gasteiger partial charge in [-0.05, 0) is 64.7 Å². The molecule has 51 heavy (non-hydrogen) atoms. The van der Waals surface area contributed by atoms with Crippen LogP contribution in [0.5, 0.6) is 0 Å². The fourth-order valence-corrected chi connectivity index (χ4v) is 6.09. The van der Waals surface area contributed by atoms with Crippen molar-refractivity contribution in [1.82, 2.24) is 30.5 Å². The number of nitrogens with one attached hydrogen (secondary N) is 5. The highest BCUT2D eigenvalue weighted by molar-refractivity contribution is 5.99. The van der Waals surface area contributed by atoms with E-state index in [0.717, 1.165) is 16.5 Å². The van der Waals surface area contributed by atoms with Crippen molar-refractivity contribution in [1.29, 1.82) is 0 Å². The number of ether oxygens (including phenoxy) is 2. The maximum Gasteiger partial charge on any atom is 0.408 e. The van der Waals surface area contributed by atoms with Crippen LogP contribution < -0.4 is 16.0 Å². The maximum absolute atomic E-state index is 14.1. The van der Waals surface area contributed by atoms with Crippen molar-refractivity contribution in [3.8, 4) is 0 Å². The first kappa shape index (κ1) is 36.6. The molecule has 270 valence electrons. The van der Waals surface area contributed by atoms with Crippen LogP contribution in [0.15, 0.2) is 67.0 Å². The number of hydrogen-bond acceptors (Lipinski definition) is 8. The summed E-state index contributed by atoms with van der Waals surface area (Å²) in [4.78, 5) is 78.9. The molecule has 3 heterocycles. The van der Waals surface area contributed by atoms with Crippen LogP contribution >= 0.6 is 0 Å². The predicted molar refractivity (Wildman–Crippen MR) is 190 cm³/mol. The van der Waals surface area contributed by atoms with Crippen LogP contribution in [0.1, 0.15) is 70.3 Å². The molecule has 0 spiro atoms. The van der Waals surface area contributed by atoms with E-state index < -0.39 is 53.0 Å². The quantitative estimate of drug-likeness (QED) is 0.144. The van der Waals surface area contributed by atoms with Crippen molar-refractivity contribution >= 4 is 46.5 Å². The van der Waals surface area contributed by atoms with E-state index in [4.69, 9.17) is 9.47 Å². The molecule has 0 aliphatic carbocycles. The Kier molecular flexibility index (Phi) is 10.8. The van der Waals surface area contributed by atoms with Gasteiger partial charge in [-0.3, -0.25) is 14.4 Å². The number of anilines is 1. The highest BCUT2D eigenvalue weighted by Gasteiger charge is 2.40. The number of hydrogen-bond donors (Lipinski definition) is 5. The molecule has 4 amide bonds. The smallest absolute Gasteiger partial charge is 0.408 e. The number of benzene rings is 2. The lowest BCUT2D eigenvalue weighted by molar-refractivity contribution is -0.151. The van der Waals surface area contributed by atoms with Gasteiger partial charge in [-0.25, -0.2) is 14.6 Å². The van der Waals surface area contributed by atoms with Crippen molar-refractivity contribution in [2.45, 2.75) is 83.0 Å². The average molecular weight is 700 g/mol. The van der Waals surface area contributed by atoms with Crippen molar-refractivity contribution in [3.05, 3.63) is 83.9 Å². The Hall–Kier alpha value is -5.66. The number of rotatable bonds is 11. The summed E-state index contributed by atoms with van der Waals surface area (Å²) in [6.45, 7) is 8.56. The van der Waals surface area contributed by atoms with Crippen LogP contribution in [0.4, 0.5) is 10.6 Å². The Labute approximate surface area is 296 Å².